The summed E-state index contributed by atoms with van der Waals surface area (Å²) >= 11 is 0. The van der Waals surface area contributed by atoms with Gasteiger partial charge in [-0.15, -0.1) is 0 Å². The van der Waals surface area contributed by atoms with Gasteiger partial charge in [0.15, 0.2) is 8.32 Å². The fourth-order valence-corrected chi connectivity index (χ4v) is 4.78. The third-order valence-corrected chi connectivity index (χ3v) is 6.28. The number of nitriles is 1. The lowest BCUT2D eigenvalue weighted by Gasteiger charge is -2.42. The fourth-order valence-electron chi connectivity index (χ4n) is 3.36. The zero-order valence-corrected chi connectivity index (χ0v) is 17.9. The molecule has 0 saturated heterocycles. The van der Waals surface area contributed by atoms with Crippen LogP contribution in [0.25, 0.3) is 0 Å². The minimum Gasteiger partial charge on any atom is -0.400 e. The summed E-state index contributed by atoms with van der Waals surface area (Å²) in [6.07, 6.45) is 7.81. The molecule has 0 amide bonds. The third kappa shape index (κ3) is 7.48. The second-order valence-corrected chi connectivity index (χ2v) is 14.6. The first kappa shape index (κ1) is 21.4. The van der Waals surface area contributed by atoms with Crippen LogP contribution in [0.4, 0.5) is 0 Å². The largest absolute Gasteiger partial charge is 0.400 e. The number of ketones is 1. The van der Waals surface area contributed by atoms with Crippen LogP contribution in [-0.4, -0.2) is 19.7 Å². The summed E-state index contributed by atoms with van der Waals surface area (Å²) < 4.78 is 6.09. The molecular formula is C20H37NO2Si. The topological polar surface area (TPSA) is 50.1 Å². The second-order valence-electron chi connectivity index (χ2n) is 10.2. The van der Waals surface area contributed by atoms with Crippen LogP contribution in [0.5, 0.6) is 0 Å². The van der Waals surface area contributed by atoms with E-state index in [9.17, 15) is 10.1 Å². The van der Waals surface area contributed by atoms with Gasteiger partial charge in [-0.2, -0.15) is 5.26 Å². The van der Waals surface area contributed by atoms with E-state index in [0.29, 0.717) is 16.6 Å². The van der Waals surface area contributed by atoms with E-state index in [-0.39, 0.29) is 0 Å². The molecule has 4 heteroatoms. The zero-order chi connectivity index (χ0) is 18.6. The van der Waals surface area contributed by atoms with Crippen LogP contribution in [0.1, 0.15) is 79.1 Å². The van der Waals surface area contributed by atoms with Crippen molar-refractivity contribution >= 4 is 14.1 Å². The zero-order valence-electron chi connectivity index (χ0n) is 16.9. The van der Waals surface area contributed by atoms with E-state index in [0.717, 1.165) is 51.4 Å². The average molecular weight is 352 g/mol. The maximum absolute atomic E-state index is 10.8. The van der Waals surface area contributed by atoms with Gasteiger partial charge in [0.1, 0.15) is 11.4 Å². The van der Waals surface area contributed by atoms with E-state index in [1.54, 1.807) is 0 Å². The van der Waals surface area contributed by atoms with Gasteiger partial charge in [-0.25, -0.2) is 0 Å². The van der Waals surface area contributed by atoms with Crippen molar-refractivity contribution in [2.45, 2.75) is 104 Å². The molecular weight excluding hydrogens is 314 g/mol. The highest BCUT2D eigenvalue weighted by Crippen LogP contribution is 2.42. The Morgan fingerprint density at radius 1 is 0.875 bits per heavy atom. The van der Waals surface area contributed by atoms with Gasteiger partial charge in [0.2, 0.25) is 0 Å². The van der Waals surface area contributed by atoms with Crippen LogP contribution in [-0.2, 0) is 9.22 Å². The van der Waals surface area contributed by atoms with Gasteiger partial charge in [0.05, 0.1) is 6.07 Å². The summed E-state index contributed by atoms with van der Waals surface area (Å²) in [6, 6.07) is 2.42. The summed E-state index contributed by atoms with van der Waals surface area (Å²) in [5, 5.41) is 9.32. The molecule has 0 aliphatic heterocycles. The van der Waals surface area contributed by atoms with Gasteiger partial charge in [0, 0.05) is 12.8 Å². The Bertz CT molecular complexity index is 461. The van der Waals surface area contributed by atoms with Crippen LogP contribution < -0.4 is 0 Å². The highest BCUT2D eigenvalue weighted by atomic mass is 28.4. The maximum atomic E-state index is 10.8. The van der Waals surface area contributed by atoms with E-state index >= 15 is 0 Å². The van der Waals surface area contributed by atoms with E-state index < -0.39 is 13.9 Å². The van der Waals surface area contributed by atoms with Crippen LogP contribution in [0, 0.1) is 22.2 Å². The Labute approximate surface area is 150 Å². The van der Waals surface area contributed by atoms with Crippen molar-refractivity contribution in [1.82, 2.24) is 0 Å². The SMILES string of the molecule is CC1(C)CCC(=O)CC1.CC1(C)CCC(C#N)(O[Si](C)(C)C)CC1. The molecule has 2 rings (SSSR count). The van der Waals surface area contributed by atoms with E-state index in [1.807, 2.05) is 0 Å². The molecule has 24 heavy (non-hydrogen) atoms. The monoisotopic (exact) mass is 351 g/mol. The van der Waals surface area contributed by atoms with Crippen molar-refractivity contribution in [2.75, 3.05) is 0 Å². The van der Waals surface area contributed by atoms with Gasteiger partial charge < -0.3 is 4.43 Å². The molecule has 2 aliphatic rings. The highest BCUT2D eigenvalue weighted by Gasteiger charge is 2.42. The van der Waals surface area contributed by atoms with Gasteiger partial charge >= 0.3 is 0 Å². The molecule has 138 valence electrons. The van der Waals surface area contributed by atoms with Gasteiger partial charge in [-0.05, 0) is 69.0 Å². The van der Waals surface area contributed by atoms with E-state index in [4.69, 9.17) is 4.43 Å². The molecule has 0 N–H and O–H groups in total. The predicted molar refractivity (Wildman–Crippen MR) is 102 cm³/mol. The lowest BCUT2D eigenvalue weighted by molar-refractivity contribution is -0.121. The van der Waals surface area contributed by atoms with Crippen LogP contribution >= 0.6 is 0 Å². The van der Waals surface area contributed by atoms with Crippen LogP contribution in [0.2, 0.25) is 19.6 Å². The molecule has 0 aromatic heterocycles. The standard InChI is InChI=1S/C12H23NOSi.C8H14O/c1-11(2)6-8-12(10-13,9-7-11)14-15(3,4)5;1-8(2)5-3-7(9)4-6-8/h6-9H2,1-5H3;3-6H2,1-2H3. The lowest BCUT2D eigenvalue weighted by Crippen LogP contribution is -2.45. The summed E-state index contributed by atoms with van der Waals surface area (Å²) in [5.74, 6) is 0.453. The first-order valence-electron chi connectivity index (χ1n) is 9.41. The second kappa shape index (κ2) is 7.70. The minimum absolute atomic E-state index is 0.392. The lowest BCUT2D eigenvalue weighted by atomic mass is 9.71. The number of carbonyl (C=O) groups is 1. The number of hydrogen-bond acceptors (Lipinski definition) is 3. The van der Waals surface area contributed by atoms with Crippen LogP contribution in [0.3, 0.4) is 0 Å². The third-order valence-electron chi connectivity index (χ3n) is 5.28. The predicted octanol–water partition coefficient (Wildman–Crippen LogP) is 5.86. The molecule has 0 atom stereocenters. The molecule has 2 saturated carbocycles. The van der Waals surface area contributed by atoms with E-state index in [1.165, 1.54) is 0 Å². The molecule has 0 aromatic rings. The van der Waals surface area contributed by atoms with Crippen molar-refractivity contribution in [1.29, 1.82) is 5.26 Å². The van der Waals surface area contributed by atoms with Crippen molar-refractivity contribution in [3.8, 4) is 6.07 Å². The Balaban J connectivity index is 0.000000272. The molecule has 2 fully saturated rings. The molecule has 0 aromatic carbocycles. The molecule has 0 radical (unpaired) electrons. The van der Waals surface area contributed by atoms with Crippen molar-refractivity contribution < 1.29 is 9.22 Å². The van der Waals surface area contributed by atoms with Gasteiger partial charge in [-0.1, -0.05) is 27.7 Å². The van der Waals surface area contributed by atoms with E-state index in [2.05, 4.69) is 53.4 Å². The quantitative estimate of drug-likeness (QED) is 0.586. The Morgan fingerprint density at radius 3 is 1.62 bits per heavy atom. The molecule has 0 heterocycles. The van der Waals surface area contributed by atoms with Crippen molar-refractivity contribution in [2.24, 2.45) is 10.8 Å². The van der Waals surface area contributed by atoms with Crippen molar-refractivity contribution in [3.05, 3.63) is 0 Å². The number of Topliss-reactive ketones (excluding diaryl/α,β-unsaturated/α-hetero) is 1. The molecule has 0 bridgehead atoms. The van der Waals surface area contributed by atoms with Gasteiger partial charge in [0.25, 0.3) is 0 Å². The number of rotatable bonds is 2. The number of nitrogens with zero attached hydrogens (tertiary/aromatic N) is 1. The first-order chi connectivity index (χ1) is 10.8. The minimum atomic E-state index is -1.61. The summed E-state index contributed by atoms with van der Waals surface area (Å²) in [7, 11) is -1.61. The summed E-state index contributed by atoms with van der Waals surface area (Å²) in [4.78, 5) is 10.8. The first-order valence-corrected chi connectivity index (χ1v) is 12.8. The number of carbonyl (C=O) groups excluding carboxylic acids is 1. The molecule has 3 nitrogen and oxygen atoms in total. The molecule has 0 unspecified atom stereocenters. The average Bonchev–Trinajstić information content (AvgIpc) is 2.44. The molecule has 0 spiro atoms. The van der Waals surface area contributed by atoms with Crippen molar-refractivity contribution in [3.63, 3.8) is 0 Å². The Morgan fingerprint density at radius 2 is 1.29 bits per heavy atom. The number of hydrogen-bond donors (Lipinski definition) is 0. The highest BCUT2D eigenvalue weighted by molar-refractivity contribution is 6.69. The van der Waals surface area contributed by atoms with Crippen LogP contribution in [0.15, 0.2) is 0 Å². The Hall–Kier alpha value is -0.663. The Kier molecular flexibility index (Phi) is 6.86. The summed E-state index contributed by atoms with van der Waals surface area (Å²) in [5.41, 5.74) is 0.358. The van der Waals surface area contributed by atoms with Gasteiger partial charge in [-0.3, -0.25) is 4.79 Å². The maximum Gasteiger partial charge on any atom is 0.185 e. The fraction of sp³-hybridized carbons (Fsp3) is 0.900. The smallest absolute Gasteiger partial charge is 0.185 e. The normalized spacial score (nSPS) is 25.2. The molecule has 2 aliphatic carbocycles. The summed E-state index contributed by atoms with van der Waals surface area (Å²) in [6.45, 7) is 15.5.